The maximum atomic E-state index is 12.1. The van der Waals surface area contributed by atoms with Crippen molar-refractivity contribution in [2.45, 2.75) is 18.5 Å². The van der Waals surface area contributed by atoms with Crippen molar-refractivity contribution in [1.29, 1.82) is 0 Å². The Kier molecular flexibility index (Phi) is 2.18. The third-order valence-electron chi connectivity index (χ3n) is 2.11. The van der Waals surface area contributed by atoms with Crippen LogP contribution in [0.15, 0.2) is 4.52 Å². The maximum Gasteiger partial charge on any atom is 0.471 e. The molecule has 0 saturated carbocycles. The molecule has 1 aliphatic rings. The zero-order valence-corrected chi connectivity index (χ0v) is 7.14. The van der Waals surface area contributed by atoms with E-state index in [2.05, 4.69) is 20.0 Å². The SMILES string of the molecule is FC(F)(F)c1nc([C@@H]2CCNC2)no1. The Hall–Kier alpha value is -1.11. The van der Waals surface area contributed by atoms with Crippen LogP contribution in [0.1, 0.15) is 24.1 Å². The molecule has 0 unspecified atom stereocenters. The minimum absolute atomic E-state index is 0.0603. The van der Waals surface area contributed by atoms with Crippen molar-refractivity contribution in [2.75, 3.05) is 13.1 Å². The van der Waals surface area contributed by atoms with Crippen molar-refractivity contribution in [2.24, 2.45) is 0 Å². The van der Waals surface area contributed by atoms with Gasteiger partial charge in [-0.1, -0.05) is 5.16 Å². The molecule has 1 N–H and O–H groups in total. The molecule has 1 aromatic heterocycles. The Morgan fingerprint density at radius 1 is 1.43 bits per heavy atom. The smallest absolute Gasteiger partial charge is 0.329 e. The van der Waals surface area contributed by atoms with E-state index in [4.69, 9.17) is 0 Å². The molecule has 1 fully saturated rings. The van der Waals surface area contributed by atoms with Crippen LogP contribution in [-0.2, 0) is 6.18 Å². The van der Waals surface area contributed by atoms with Gasteiger partial charge in [0.25, 0.3) is 0 Å². The monoisotopic (exact) mass is 207 g/mol. The molecule has 2 heterocycles. The minimum Gasteiger partial charge on any atom is -0.329 e. The lowest BCUT2D eigenvalue weighted by Gasteiger charge is -1.99. The fraction of sp³-hybridized carbons (Fsp3) is 0.714. The van der Waals surface area contributed by atoms with E-state index >= 15 is 0 Å². The Bertz CT molecular complexity index is 316. The van der Waals surface area contributed by atoms with Crippen molar-refractivity contribution in [1.82, 2.24) is 15.5 Å². The molecule has 0 bridgehead atoms. The second-order valence-corrected chi connectivity index (χ2v) is 3.15. The van der Waals surface area contributed by atoms with Gasteiger partial charge < -0.3 is 9.84 Å². The molecule has 0 amide bonds. The first-order valence-electron chi connectivity index (χ1n) is 4.19. The molecule has 0 aromatic carbocycles. The van der Waals surface area contributed by atoms with Crippen LogP contribution in [0.4, 0.5) is 13.2 Å². The number of nitrogens with zero attached hydrogens (tertiary/aromatic N) is 2. The summed E-state index contributed by atoms with van der Waals surface area (Å²) in [6.07, 6.45) is -3.80. The first kappa shape index (κ1) is 9.45. The van der Waals surface area contributed by atoms with Gasteiger partial charge in [-0.15, -0.1) is 0 Å². The van der Waals surface area contributed by atoms with Crippen molar-refractivity contribution < 1.29 is 17.7 Å². The van der Waals surface area contributed by atoms with E-state index in [-0.39, 0.29) is 11.7 Å². The van der Waals surface area contributed by atoms with E-state index in [9.17, 15) is 13.2 Å². The third-order valence-corrected chi connectivity index (χ3v) is 2.11. The van der Waals surface area contributed by atoms with Gasteiger partial charge in [-0.05, 0) is 13.0 Å². The zero-order valence-electron chi connectivity index (χ0n) is 7.14. The van der Waals surface area contributed by atoms with Crippen molar-refractivity contribution in [3.63, 3.8) is 0 Å². The number of nitrogens with one attached hydrogen (secondary N) is 1. The van der Waals surface area contributed by atoms with Crippen LogP contribution >= 0.6 is 0 Å². The summed E-state index contributed by atoms with van der Waals surface area (Å²) in [5, 5.41) is 6.33. The van der Waals surface area contributed by atoms with E-state index in [1.165, 1.54) is 0 Å². The normalized spacial score (nSPS) is 22.9. The molecule has 0 aliphatic carbocycles. The molecule has 1 saturated heterocycles. The Labute approximate surface area is 77.5 Å². The summed E-state index contributed by atoms with van der Waals surface area (Å²) in [4.78, 5) is 3.32. The van der Waals surface area contributed by atoms with Crippen LogP contribution in [0.3, 0.4) is 0 Å². The molecule has 1 atom stereocenters. The van der Waals surface area contributed by atoms with Crippen LogP contribution < -0.4 is 5.32 Å². The van der Waals surface area contributed by atoms with E-state index in [1.54, 1.807) is 0 Å². The van der Waals surface area contributed by atoms with Gasteiger partial charge in [0.1, 0.15) is 0 Å². The van der Waals surface area contributed by atoms with Crippen LogP contribution in [0.5, 0.6) is 0 Å². The summed E-state index contributed by atoms with van der Waals surface area (Å²) in [5.74, 6) is -1.18. The van der Waals surface area contributed by atoms with Crippen LogP contribution in [0, 0.1) is 0 Å². The first-order chi connectivity index (χ1) is 6.57. The molecular formula is C7H8F3N3O. The lowest BCUT2D eigenvalue weighted by atomic mass is 10.1. The van der Waals surface area contributed by atoms with Gasteiger partial charge >= 0.3 is 12.1 Å². The lowest BCUT2D eigenvalue weighted by molar-refractivity contribution is -0.159. The number of rotatable bonds is 1. The van der Waals surface area contributed by atoms with Gasteiger partial charge in [-0.2, -0.15) is 18.2 Å². The molecule has 1 aliphatic heterocycles. The summed E-state index contributed by atoms with van der Waals surface area (Å²) in [6, 6.07) is 0. The molecule has 14 heavy (non-hydrogen) atoms. The summed E-state index contributed by atoms with van der Waals surface area (Å²) in [6.45, 7) is 1.39. The third kappa shape index (κ3) is 1.72. The van der Waals surface area contributed by atoms with Gasteiger partial charge in [-0.3, -0.25) is 0 Å². The van der Waals surface area contributed by atoms with E-state index in [0.717, 1.165) is 13.0 Å². The van der Waals surface area contributed by atoms with Crippen LogP contribution in [0.2, 0.25) is 0 Å². The second kappa shape index (κ2) is 3.23. The number of hydrogen-bond donors (Lipinski definition) is 1. The fourth-order valence-corrected chi connectivity index (χ4v) is 1.39. The van der Waals surface area contributed by atoms with Crippen LogP contribution in [0.25, 0.3) is 0 Å². The number of aromatic nitrogens is 2. The van der Waals surface area contributed by atoms with Gasteiger partial charge in [0.05, 0.1) is 0 Å². The van der Waals surface area contributed by atoms with Gasteiger partial charge in [0, 0.05) is 12.5 Å². The van der Waals surface area contributed by atoms with Crippen molar-refractivity contribution >= 4 is 0 Å². The number of halogens is 3. The van der Waals surface area contributed by atoms with Crippen LogP contribution in [-0.4, -0.2) is 23.2 Å². The van der Waals surface area contributed by atoms with E-state index < -0.39 is 12.1 Å². The number of hydrogen-bond acceptors (Lipinski definition) is 4. The van der Waals surface area contributed by atoms with Gasteiger partial charge in [-0.25, -0.2) is 0 Å². The highest BCUT2D eigenvalue weighted by Gasteiger charge is 2.39. The van der Waals surface area contributed by atoms with Gasteiger partial charge in [0.15, 0.2) is 5.82 Å². The Balaban J connectivity index is 2.17. The molecule has 78 valence electrons. The fourth-order valence-electron chi connectivity index (χ4n) is 1.39. The average Bonchev–Trinajstić information content (AvgIpc) is 2.73. The maximum absolute atomic E-state index is 12.1. The van der Waals surface area contributed by atoms with Gasteiger partial charge in [0.2, 0.25) is 0 Å². The van der Waals surface area contributed by atoms with E-state index in [0.29, 0.717) is 6.54 Å². The molecule has 0 radical (unpaired) electrons. The van der Waals surface area contributed by atoms with Crippen molar-refractivity contribution in [3.05, 3.63) is 11.7 Å². The standard InChI is InChI=1S/C7H8F3N3O/c8-7(9,10)6-12-5(13-14-6)4-1-2-11-3-4/h4,11H,1-3H2/t4-/m1/s1. The highest BCUT2D eigenvalue weighted by Crippen LogP contribution is 2.29. The molecular weight excluding hydrogens is 199 g/mol. The molecule has 0 spiro atoms. The largest absolute Gasteiger partial charge is 0.471 e. The summed E-state index contributed by atoms with van der Waals surface area (Å²) < 4.78 is 40.4. The quantitative estimate of drug-likeness (QED) is 0.750. The molecule has 7 heteroatoms. The molecule has 4 nitrogen and oxygen atoms in total. The predicted molar refractivity (Wildman–Crippen MR) is 39.5 cm³/mol. The summed E-state index contributed by atoms with van der Waals surface area (Å²) >= 11 is 0. The predicted octanol–water partition coefficient (Wildman–Crippen LogP) is 1.17. The lowest BCUT2D eigenvalue weighted by Crippen LogP contribution is -2.09. The summed E-state index contributed by atoms with van der Waals surface area (Å²) in [5.41, 5.74) is 0. The summed E-state index contributed by atoms with van der Waals surface area (Å²) in [7, 11) is 0. The topological polar surface area (TPSA) is 51.0 Å². The minimum atomic E-state index is -4.54. The van der Waals surface area contributed by atoms with E-state index in [1.807, 2.05) is 0 Å². The highest BCUT2D eigenvalue weighted by atomic mass is 19.4. The second-order valence-electron chi connectivity index (χ2n) is 3.15. The first-order valence-corrected chi connectivity index (χ1v) is 4.19. The Morgan fingerprint density at radius 3 is 2.71 bits per heavy atom. The Morgan fingerprint density at radius 2 is 2.21 bits per heavy atom. The zero-order chi connectivity index (χ0) is 10.2. The molecule has 2 rings (SSSR count). The number of alkyl halides is 3. The van der Waals surface area contributed by atoms with Crippen molar-refractivity contribution in [3.8, 4) is 0 Å². The highest BCUT2D eigenvalue weighted by molar-refractivity contribution is 5.00. The molecule has 1 aromatic rings. The average molecular weight is 207 g/mol.